The zero-order valence-electron chi connectivity index (χ0n) is 11.1. The molecule has 2 N–H and O–H groups in total. The summed E-state index contributed by atoms with van der Waals surface area (Å²) in [6, 6.07) is 0. The zero-order chi connectivity index (χ0) is 11.9. The molecule has 1 aliphatic carbocycles. The highest BCUT2D eigenvalue weighted by Crippen LogP contribution is 2.34. The second kappa shape index (κ2) is 7.29. The van der Waals surface area contributed by atoms with Crippen LogP contribution in [0.5, 0.6) is 0 Å². The van der Waals surface area contributed by atoms with Gasteiger partial charge in [-0.2, -0.15) is 0 Å². The molecule has 0 aromatic heterocycles. The highest BCUT2D eigenvalue weighted by molar-refractivity contribution is 4.89. The summed E-state index contributed by atoms with van der Waals surface area (Å²) in [4.78, 5) is 0. The van der Waals surface area contributed by atoms with Crippen LogP contribution in [0.2, 0.25) is 0 Å². The van der Waals surface area contributed by atoms with E-state index in [2.05, 4.69) is 13.8 Å². The van der Waals surface area contributed by atoms with Crippen LogP contribution in [0.3, 0.4) is 0 Å². The first kappa shape index (κ1) is 14.0. The van der Waals surface area contributed by atoms with E-state index in [1.807, 2.05) is 0 Å². The molecule has 0 spiro atoms. The van der Waals surface area contributed by atoms with Crippen molar-refractivity contribution in [2.75, 3.05) is 13.2 Å². The minimum Gasteiger partial charge on any atom is -0.381 e. The molecular weight excluding hydrogens is 198 g/mol. The normalized spacial score (nSPS) is 30.6. The highest BCUT2D eigenvalue weighted by atomic mass is 16.5. The van der Waals surface area contributed by atoms with E-state index in [1.165, 1.54) is 38.5 Å². The molecule has 1 saturated carbocycles. The lowest BCUT2D eigenvalue weighted by atomic mass is 9.74. The molecule has 0 unspecified atom stereocenters. The van der Waals surface area contributed by atoms with E-state index < -0.39 is 0 Å². The lowest BCUT2D eigenvalue weighted by molar-refractivity contribution is 0.0990. The molecule has 1 fully saturated rings. The maximum Gasteiger partial charge on any atom is 0.0483 e. The first-order chi connectivity index (χ1) is 7.70. The summed E-state index contributed by atoms with van der Waals surface area (Å²) < 4.78 is 5.55. The molecule has 2 nitrogen and oxygen atoms in total. The van der Waals surface area contributed by atoms with Crippen LogP contribution in [0.1, 0.15) is 65.2 Å². The van der Waals surface area contributed by atoms with E-state index in [1.54, 1.807) is 0 Å². The van der Waals surface area contributed by atoms with Crippen LogP contribution in [0.4, 0.5) is 0 Å². The summed E-state index contributed by atoms with van der Waals surface area (Å²) in [6.07, 6.45) is 9.93. The molecule has 1 rings (SSSR count). The second-order valence-corrected chi connectivity index (χ2v) is 5.46. The van der Waals surface area contributed by atoms with E-state index in [0.717, 1.165) is 32.0 Å². The summed E-state index contributed by atoms with van der Waals surface area (Å²) >= 11 is 0. The van der Waals surface area contributed by atoms with Crippen molar-refractivity contribution in [2.45, 2.75) is 70.8 Å². The molecule has 1 aliphatic rings. The minimum absolute atomic E-state index is 0.0813. The first-order valence-corrected chi connectivity index (χ1v) is 7.07. The van der Waals surface area contributed by atoms with Crippen molar-refractivity contribution in [1.82, 2.24) is 0 Å². The molecule has 0 heterocycles. The summed E-state index contributed by atoms with van der Waals surface area (Å²) in [7, 11) is 0. The Bertz CT molecular complexity index is 168. The molecular formula is C14H29NO. The Morgan fingerprint density at radius 3 is 2.38 bits per heavy atom. The highest BCUT2D eigenvalue weighted by Gasteiger charge is 2.30. The number of hydrogen-bond donors (Lipinski definition) is 1. The van der Waals surface area contributed by atoms with E-state index in [4.69, 9.17) is 10.5 Å². The predicted octanol–water partition coefficient (Wildman–Crippen LogP) is 3.49. The summed E-state index contributed by atoms with van der Waals surface area (Å²) in [6.45, 7) is 6.16. The van der Waals surface area contributed by atoms with Gasteiger partial charge in [0.2, 0.25) is 0 Å². The maximum absolute atomic E-state index is 6.42. The van der Waals surface area contributed by atoms with E-state index in [9.17, 15) is 0 Å². The van der Waals surface area contributed by atoms with Crippen molar-refractivity contribution >= 4 is 0 Å². The van der Waals surface area contributed by atoms with Gasteiger partial charge < -0.3 is 10.5 Å². The van der Waals surface area contributed by atoms with Crippen molar-refractivity contribution in [1.29, 1.82) is 0 Å². The van der Waals surface area contributed by atoms with Crippen LogP contribution in [0, 0.1) is 5.92 Å². The minimum atomic E-state index is 0.0813. The van der Waals surface area contributed by atoms with Gasteiger partial charge >= 0.3 is 0 Å². The molecule has 0 aromatic rings. The smallest absolute Gasteiger partial charge is 0.0483 e. The fourth-order valence-electron chi connectivity index (χ4n) is 2.72. The fourth-order valence-corrected chi connectivity index (χ4v) is 2.72. The Labute approximate surface area is 101 Å². The van der Waals surface area contributed by atoms with Gasteiger partial charge in [0.25, 0.3) is 0 Å². The van der Waals surface area contributed by atoms with Gasteiger partial charge in [0.05, 0.1) is 0 Å². The number of hydrogen-bond acceptors (Lipinski definition) is 2. The largest absolute Gasteiger partial charge is 0.381 e. The SMILES string of the molecule is CCCOCCC1(N)CCC(CCC)CC1. The van der Waals surface area contributed by atoms with E-state index >= 15 is 0 Å². The van der Waals surface area contributed by atoms with Crippen molar-refractivity contribution in [2.24, 2.45) is 11.7 Å². The average molecular weight is 227 g/mol. The Kier molecular flexibility index (Phi) is 6.37. The van der Waals surface area contributed by atoms with Gasteiger partial charge in [0.1, 0.15) is 0 Å². The van der Waals surface area contributed by atoms with Crippen molar-refractivity contribution in [3.63, 3.8) is 0 Å². The third-order valence-electron chi connectivity index (χ3n) is 3.89. The third-order valence-corrected chi connectivity index (χ3v) is 3.89. The Morgan fingerprint density at radius 1 is 1.12 bits per heavy atom. The molecule has 0 aliphatic heterocycles. The van der Waals surface area contributed by atoms with Crippen LogP contribution < -0.4 is 5.73 Å². The molecule has 0 saturated heterocycles. The molecule has 0 bridgehead atoms. The van der Waals surface area contributed by atoms with E-state index in [-0.39, 0.29) is 5.54 Å². The summed E-state index contributed by atoms with van der Waals surface area (Å²) in [5.74, 6) is 0.943. The van der Waals surface area contributed by atoms with Gasteiger partial charge in [-0.3, -0.25) is 0 Å². The number of rotatable bonds is 7. The van der Waals surface area contributed by atoms with Crippen LogP contribution in [-0.2, 0) is 4.74 Å². The standard InChI is InChI=1S/C14H29NO/c1-3-5-13-6-8-14(15,9-7-13)10-12-16-11-4-2/h13H,3-12,15H2,1-2H3. The third kappa shape index (κ3) is 4.84. The topological polar surface area (TPSA) is 35.2 Å². The van der Waals surface area contributed by atoms with Gasteiger partial charge in [0.15, 0.2) is 0 Å². The lowest BCUT2D eigenvalue weighted by Gasteiger charge is -2.37. The summed E-state index contributed by atoms with van der Waals surface area (Å²) in [5.41, 5.74) is 6.50. The monoisotopic (exact) mass is 227 g/mol. The van der Waals surface area contributed by atoms with E-state index in [0.29, 0.717) is 0 Å². The van der Waals surface area contributed by atoms with Gasteiger partial charge in [-0.1, -0.05) is 26.7 Å². The predicted molar refractivity (Wildman–Crippen MR) is 69.5 cm³/mol. The van der Waals surface area contributed by atoms with Gasteiger partial charge in [0, 0.05) is 18.8 Å². The Hall–Kier alpha value is -0.0800. The van der Waals surface area contributed by atoms with Crippen LogP contribution in [0.15, 0.2) is 0 Å². The van der Waals surface area contributed by atoms with Gasteiger partial charge in [-0.15, -0.1) is 0 Å². The average Bonchev–Trinajstić information content (AvgIpc) is 2.29. The maximum atomic E-state index is 6.42. The first-order valence-electron chi connectivity index (χ1n) is 7.07. The molecule has 0 radical (unpaired) electrons. The Morgan fingerprint density at radius 2 is 1.81 bits per heavy atom. The second-order valence-electron chi connectivity index (χ2n) is 5.46. The summed E-state index contributed by atoms with van der Waals surface area (Å²) in [5, 5.41) is 0. The van der Waals surface area contributed by atoms with Crippen molar-refractivity contribution in [3.05, 3.63) is 0 Å². The molecule has 96 valence electrons. The van der Waals surface area contributed by atoms with Crippen LogP contribution in [-0.4, -0.2) is 18.8 Å². The molecule has 16 heavy (non-hydrogen) atoms. The van der Waals surface area contributed by atoms with Crippen molar-refractivity contribution in [3.8, 4) is 0 Å². The quantitative estimate of drug-likeness (QED) is 0.676. The van der Waals surface area contributed by atoms with Gasteiger partial charge in [-0.25, -0.2) is 0 Å². The molecule has 0 atom stereocenters. The van der Waals surface area contributed by atoms with Crippen molar-refractivity contribution < 1.29 is 4.74 Å². The molecule has 0 amide bonds. The number of nitrogens with two attached hydrogens (primary N) is 1. The fraction of sp³-hybridized carbons (Fsp3) is 1.00. The zero-order valence-corrected chi connectivity index (χ0v) is 11.1. The van der Waals surface area contributed by atoms with Gasteiger partial charge in [-0.05, 0) is 44.4 Å². The lowest BCUT2D eigenvalue weighted by Crippen LogP contribution is -2.44. The van der Waals surface area contributed by atoms with Crippen LogP contribution >= 0.6 is 0 Å². The van der Waals surface area contributed by atoms with Crippen LogP contribution in [0.25, 0.3) is 0 Å². The molecule has 2 heteroatoms. The number of ether oxygens (including phenoxy) is 1. The Balaban J connectivity index is 2.16. The molecule has 0 aromatic carbocycles.